The maximum atomic E-state index is 3.90. The van der Waals surface area contributed by atoms with Gasteiger partial charge < -0.3 is 4.57 Å². The lowest BCUT2D eigenvalue weighted by Gasteiger charge is -2.14. The van der Waals surface area contributed by atoms with Gasteiger partial charge >= 0.3 is 0 Å². The van der Waals surface area contributed by atoms with Crippen LogP contribution in [0.1, 0.15) is 76.3 Å². The molecule has 4 aromatic carbocycles. The SMILES string of the molecule is CCCCCCc1cc(CCCCCC)cc(-n2c3cc(Br)ccc3c3c4ccccc4c(Br)cc32)c1. The van der Waals surface area contributed by atoms with Crippen LogP contribution >= 0.6 is 31.9 Å². The summed E-state index contributed by atoms with van der Waals surface area (Å²) < 4.78 is 4.76. The van der Waals surface area contributed by atoms with E-state index in [9.17, 15) is 0 Å². The highest BCUT2D eigenvalue weighted by Crippen LogP contribution is 2.41. The molecular weight excluding hydrogens is 582 g/mol. The Morgan fingerprint density at radius 3 is 1.89 bits per heavy atom. The van der Waals surface area contributed by atoms with Crippen molar-refractivity contribution in [3.63, 3.8) is 0 Å². The molecule has 5 rings (SSSR count). The van der Waals surface area contributed by atoms with Crippen molar-refractivity contribution in [2.45, 2.75) is 78.1 Å². The van der Waals surface area contributed by atoms with E-state index in [1.165, 1.54) is 101 Å². The van der Waals surface area contributed by atoms with Gasteiger partial charge in [-0.15, -0.1) is 0 Å². The minimum atomic E-state index is 1.11. The zero-order valence-corrected chi connectivity index (χ0v) is 25.3. The van der Waals surface area contributed by atoms with Gasteiger partial charge in [-0.05, 0) is 77.9 Å². The second kappa shape index (κ2) is 12.2. The van der Waals surface area contributed by atoms with E-state index < -0.39 is 0 Å². The maximum Gasteiger partial charge on any atom is 0.0558 e. The van der Waals surface area contributed by atoms with Crippen LogP contribution in [0.4, 0.5) is 0 Å². The molecular formula is C34H37Br2N. The highest BCUT2D eigenvalue weighted by Gasteiger charge is 2.17. The van der Waals surface area contributed by atoms with E-state index >= 15 is 0 Å². The quantitative estimate of drug-likeness (QED) is 0.130. The number of unbranched alkanes of at least 4 members (excludes halogenated alkanes) is 6. The third kappa shape index (κ3) is 5.68. The molecule has 3 heteroatoms. The zero-order chi connectivity index (χ0) is 25.8. The molecule has 1 heterocycles. The fourth-order valence-corrected chi connectivity index (χ4v) is 6.67. The Hall–Kier alpha value is -2.10. The Morgan fingerprint density at radius 2 is 1.24 bits per heavy atom. The van der Waals surface area contributed by atoms with Gasteiger partial charge in [0.25, 0.3) is 0 Å². The predicted octanol–water partition coefficient (Wildman–Crippen LogP) is 11.7. The maximum absolute atomic E-state index is 3.90. The number of halogens is 2. The van der Waals surface area contributed by atoms with Gasteiger partial charge in [0.2, 0.25) is 0 Å². The molecule has 0 atom stereocenters. The zero-order valence-electron chi connectivity index (χ0n) is 22.1. The fraction of sp³-hybridized carbons (Fsp3) is 0.353. The first-order valence-electron chi connectivity index (χ1n) is 14.0. The largest absolute Gasteiger partial charge is 0.309 e. The van der Waals surface area contributed by atoms with Crippen molar-refractivity contribution in [2.75, 3.05) is 0 Å². The van der Waals surface area contributed by atoms with Crippen molar-refractivity contribution in [1.82, 2.24) is 4.57 Å². The van der Waals surface area contributed by atoms with Gasteiger partial charge in [0.15, 0.2) is 0 Å². The van der Waals surface area contributed by atoms with Gasteiger partial charge in [0.1, 0.15) is 0 Å². The summed E-state index contributed by atoms with van der Waals surface area (Å²) in [5.41, 5.74) is 6.76. The van der Waals surface area contributed by atoms with Crippen LogP contribution < -0.4 is 0 Å². The normalized spacial score (nSPS) is 11.8. The first kappa shape index (κ1) is 26.5. The lowest BCUT2D eigenvalue weighted by atomic mass is 9.99. The number of aryl methyl sites for hydroxylation is 2. The monoisotopic (exact) mass is 617 g/mol. The molecule has 5 aromatic rings. The number of aromatic nitrogens is 1. The number of fused-ring (bicyclic) bond motifs is 5. The lowest BCUT2D eigenvalue weighted by Crippen LogP contribution is -1.99. The molecule has 0 saturated heterocycles. The Balaban J connectivity index is 1.71. The first-order chi connectivity index (χ1) is 18.1. The summed E-state index contributed by atoms with van der Waals surface area (Å²) >= 11 is 7.67. The molecule has 1 aromatic heterocycles. The van der Waals surface area contributed by atoms with Crippen LogP contribution in [0.25, 0.3) is 38.3 Å². The van der Waals surface area contributed by atoms with Crippen molar-refractivity contribution in [2.24, 2.45) is 0 Å². The molecule has 37 heavy (non-hydrogen) atoms. The highest BCUT2D eigenvalue weighted by molar-refractivity contribution is 9.11. The molecule has 0 N–H and O–H groups in total. The van der Waals surface area contributed by atoms with Crippen molar-refractivity contribution < 1.29 is 0 Å². The number of benzene rings is 4. The molecule has 0 spiro atoms. The molecule has 0 aliphatic carbocycles. The molecule has 0 aliphatic rings. The van der Waals surface area contributed by atoms with Crippen LogP contribution in [-0.4, -0.2) is 4.57 Å². The summed E-state index contributed by atoms with van der Waals surface area (Å²) in [6, 6.07) is 25.2. The third-order valence-electron chi connectivity index (χ3n) is 7.62. The van der Waals surface area contributed by atoms with Crippen LogP contribution in [0.3, 0.4) is 0 Å². The molecule has 0 radical (unpaired) electrons. The summed E-state index contributed by atoms with van der Waals surface area (Å²) in [7, 11) is 0. The molecule has 0 saturated carbocycles. The first-order valence-corrected chi connectivity index (χ1v) is 15.6. The summed E-state index contributed by atoms with van der Waals surface area (Å²) in [6.45, 7) is 4.58. The lowest BCUT2D eigenvalue weighted by molar-refractivity contribution is 0.661. The Bertz CT molecular complexity index is 1500. The Kier molecular flexibility index (Phi) is 8.72. The number of nitrogens with zero attached hydrogens (tertiary/aromatic N) is 1. The smallest absolute Gasteiger partial charge is 0.0558 e. The van der Waals surface area contributed by atoms with E-state index in [2.05, 4.69) is 117 Å². The number of hydrogen-bond donors (Lipinski definition) is 0. The summed E-state index contributed by atoms with van der Waals surface area (Å²) in [4.78, 5) is 0. The highest BCUT2D eigenvalue weighted by atomic mass is 79.9. The summed E-state index contributed by atoms with van der Waals surface area (Å²) in [5.74, 6) is 0. The van der Waals surface area contributed by atoms with Crippen molar-refractivity contribution in [3.8, 4) is 5.69 Å². The van der Waals surface area contributed by atoms with Crippen LogP contribution in [0.2, 0.25) is 0 Å². The van der Waals surface area contributed by atoms with Crippen molar-refractivity contribution >= 4 is 64.4 Å². The van der Waals surface area contributed by atoms with Gasteiger partial charge in [-0.3, -0.25) is 0 Å². The molecule has 1 nitrogen and oxygen atoms in total. The number of hydrogen-bond acceptors (Lipinski definition) is 0. The molecule has 0 bridgehead atoms. The van der Waals surface area contributed by atoms with E-state index in [-0.39, 0.29) is 0 Å². The molecule has 0 fully saturated rings. The Labute approximate surface area is 238 Å². The third-order valence-corrected chi connectivity index (χ3v) is 8.77. The van der Waals surface area contributed by atoms with Crippen LogP contribution in [0.15, 0.2) is 75.7 Å². The van der Waals surface area contributed by atoms with Crippen LogP contribution in [0.5, 0.6) is 0 Å². The van der Waals surface area contributed by atoms with Gasteiger partial charge in [0.05, 0.1) is 11.0 Å². The van der Waals surface area contributed by atoms with E-state index in [0.717, 1.165) is 21.8 Å². The molecule has 0 aliphatic heterocycles. The average Bonchev–Trinajstić information content (AvgIpc) is 3.22. The van der Waals surface area contributed by atoms with Crippen molar-refractivity contribution in [3.05, 3.63) is 86.8 Å². The van der Waals surface area contributed by atoms with Gasteiger partial charge in [-0.1, -0.05) is 121 Å². The van der Waals surface area contributed by atoms with Gasteiger partial charge in [-0.25, -0.2) is 0 Å². The molecule has 192 valence electrons. The minimum Gasteiger partial charge on any atom is -0.309 e. The van der Waals surface area contributed by atoms with E-state index in [1.54, 1.807) is 0 Å². The fourth-order valence-electron chi connectivity index (χ4n) is 5.76. The average molecular weight is 619 g/mol. The molecule has 0 amide bonds. The molecule has 0 unspecified atom stereocenters. The van der Waals surface area contributed by atoms with Gasteiger partial charge in [0, 0.05) is 25.4 Å². The summed E-state index contributed by atoms with van der Waals surface area (Å²) in [5, 5.41) is 5.20. The standard InChI is InChI=1S/C34H37Br2N/c1-3-5-7-9-13-24-19-25(14-10-8-6-4-2)21-27(20-24)37-32-22-26(35)17-18-30(32)34-29-16-12-11-15-28(29)31(36)23-33(34)37/h11-12,15-23H,3-10,13-14H2,1-2H3. The van der Waals surface area contributed by atoms with Crippen molar-refractivity contribution in [1.29, 1.82) is 0 Å². The van der Waals surface area contributed by atoms with E-state index in [1.807, 2.05) is 0 Å². The van der Waals surface area contributed by atoms with Crippen LogP contribution in [0, 0.1) is 0 Å². The summed E-state index contributed by atoms with van der Waals surface area (Å²) in [6.07, 6.45) is 12.7. The van der Waals surface area contributed by atoms with E-state index in [4.69, 9.17) is 0 Å². The second-order valence-electron chi connectivity index (χ2n) is 10.4. The minimum absolute atomic E-state index is 1.11. The number of rotatable bonds is 11. The predicted molar refractivity (Wildman–Crippen MR) is 169 cm³/mol. The van der Waals surface area contributed by atoms with Crippen LogP contribution in [-0.2, 0) is 12.8 Å². The van der Waals surface area contributed by atoms with E-state index in [0.29, 0.717) is 0 Å². The second-order valence-corrected chi connectivity index (χ2v) is 12.2. The van der Waals surface area contributed by atoms with Gasteiger partial charge in [-0.2, -0.15) is 0 Å². The topological polar surface area (TPSA) is 4.93 Å². The Morgan fingerprint density at radius 1 is 0.595 bits per heavy atom.